The predicted octanol–water partition coefficient (Wildman–Crippen LogP) is 2.41. The smallest absolute Gasteiger partial charge is 0.262 e. The van der Waals surface area contributed by atoms with Gasteiger partial charge in [0.05, 0.1) is 31.5 Å². The first-order valence-electron chi connectivity index (χ1n) is 8.28. The number of methoxy groups -OCH3 is 1. The highest BCUT2D eigenvalue weighted by Crippen LogP contribution is 2.30. The number of hydrogen-bond donors (Lipinski definition) is 0. The van der Waals surface area contributed by atoms with E-state index in [1.54, 1.807) is 12.0 Å². The molecule has 0 N–H and O–H groups in total. The van der Waals surface area contributed by atoms with E-state index in [0.29, 0.717) is 49.3 Å². The van der Waals surface area contributed by atoms with E-state index >= 15 is 0 Å². The summed E-state index contributed by atoms with van der Waals surface area (Å²) in [5, 5.41) is 0. The second-order valence-corrected chi connectivity index (χ2v) is 5.81. The molecule has 2 aliphatic rings. The summed E-state index contributed by atoms with van der Waals surface area (Å²) < 4.78 is 11.2. The van der Waals surface area contributed by atoms with Gasteiger partial charge in [-0.2, -0.15) is 0 Å². The number of carbonyl (C=O) groups excluding carboxylic acids is 1. The van der Waals surface area contributed by atoms with Gasteiger partial charge in [-0.1, -0.05) is 24.3 Å². The number of benzene rings is 2. The van der Waals surface area contributed by atoms with Crippen LogP contribution in [0.3, 0.4) is 0 Å². The monoisotopic (exact) mass is 337 g/mol. The van der Waals surface area contributed by atoms with E-state index in [9.17, 15) is 4.79 Å². The zero-order valence-corrected chi connectivity index (χ0v) is 14.0. The van der Waals surface area contributed by atoms with Crippen LogP contribution in [0.25, 0.3) is 0 Å². The molecule has 2 aliphatic heterocycles. The first kappa shape index (κ1) is 15.5. The fraction of sp³-hybridized carbons (Fsp3) is 0.263. The molecule has 0 unspecified atom stereocenters. The summed E-state index contributed by atoms with van der Waals surface area (Å²) in [6.07, 6.45) is 0. The number of hydrogen-bond acceptors (Lipinski definition) is 5. The number of anilines is 1. The first-order valence-corrected chi connectivity index (χ1v) is 8.28. The highest BCUT2D eigenvalue weighted by molar-refractivity contribution is 6.19. The Labute approximate surface area is 146 Å². The standard InChI is InChI=1S/C19H19N3O3/c1-24-16-8-4-5-9-17(16)25-13-12-21-15-7-3-2-6-14(15)18(23)22-11-10-20-19(21)22/h2-9H,10-13H2,1H3. The molecule has 2 aromatic rings. The van der Waals surface area contributed by atoms with E-state index in [1.807, 2.05) is 48.5 Å². The van der Waals surface area contributed by atoms with Crippen molar-refractivity contribution in [2.75, 3.05) is 38.3 Å². The SMILES string of the molecule is COc1ccccc1OCCN1C2=NCCN2C(=O)c2ccccc21. The molecule has 0 bridgehead atoms. The summed E-state index contributed by atoms with van der Waals surface area (Å²) in [4.78, 5) is 20.9. The summed E-state index contributed by atoms with van der Waals surface area (Å²) in [5.41, 5.74) is 1.59. The minimum absolute atomic E-state index is 0.0220. The fourth-order valence-corrected chi connectivity index (χ4v) is 3.21. The van der Waals surface area contributed by atoms with E-state index in [0.717, 1.165) is 5.69 Å². The van der Waals surface area contributed by atoms with Gasteiger partial charge < -0.3 is 14.4 Å². The molecule has 6 nitrogen and oxygen atoms in total. The fourth-order valence-electron chi connectivity index (χ4n) is 3.21. The Hall–Kier alpha value is -3.02. The maximum Gasteiger partial charge on any atom is 0.262 e. The van der Waals surface area contributed by atoms with Crippen molar-refractivity contribution < 1.29 is 14.3 Å². The van der Waals surface area contributed by atoms with Gasteiger partial charge in [0.2, 0.25) is 5.96 Å². The average Bonchev–Trinajstić information content (AvgIpc) is 3.15. The molecule has 0 radical (unpaired) electrons. The topological polar surface area (TPSA) is 54.4 Å². The van der Waals surface area contributed by atoms with E-state index in [4.69, 9.17) is 9.47 Å². The maximum atomic E-state index is 12.6. The molecular weight excluding hydrogens is 318 g/mol. The van der Waals surface area contributed by atoms with Crippen LogP contribution < -0.4 is 14.4 Å². The van der Waals surface area contributed by atoms with Gasteiger partial charge in [-0.3, -0.25) is 14.7 Å². The number of amides is 1. The van der Waals surface area contributed by atoms with Crippen LogP contribution >= 0.6 is 0 Å². The molecule has 2 aromatic carbocycles. The number of para-hydroxylation sites is 3. The number of carbonyl (C=O) groups is 1. The van der Waals surface area contributed by atoms with Gasteiger partial charge in [0.1, 0.15) is 6.61 Å². The number of fused-ring (bicyclic) bond motifs is 2. The van der Waals surface area contributed by atoms with Crippen LogP contribution in [0.5, 0.6) is 11.5 Å². The van der Waals surface area contributed by atoms with Crippen molar-refractivity contribution in [2.45, 2.75) is 0 Å². The van der Waals surface area contributed by atoms with E-state index in [2.05, 4.69) is 9.89 Å². The summed E-state index contributed by atoms with van der Waals surface area (Å²) in [6.45, 7) is 2.32. The molecule has 6 heteroatoms. The molecule has 0 aromatic heterocycles. The molecule has 1 amide bonds. The lowest BCUT2D eigenvalue weighted by Crippen LogP contribution is -2.51. The third-order valence-corrected chi connectivity index (χ3v) is 4.37. The number of guanidine groups is 1. The van der Waals surface area contributed by atoms with E-state index < -0.39 is 0 Å². The molecule has 128 valence electrons. The first-order chi connectivity index (χ1) is 12.3. The lowest BCUT2D eigenvalue weighted by Gasteiger charge is -2.35. The van der Waals surface area contributed by atoms with E-state index in [1.165, 1.54) is 0 Å². The van der Waals surface area contributed by atoms with Crippen LogP contribution in [-0.4, -0.2) is 50.1 Å². The van der Waals surface area contributed by atoms with Gasteiger partial charge in [-0.05, 0) is 24.3 Å². The van der Waals surface area contributed by atoms with Gasteiger partial charge in [0.15, 0.2) is 11.5 Å². The predicted molar refractivity (Wildman–Crippen MR) is 95.6 cm³/mol. The van der Waals surface area contributed by atoms with Crippen molar-refractivity contribution in [3.63, 3.8) is 0 Å². The lowest BCUT2D eigenvalue weighted by atomic mass is 10.1. The summed E-state index contributed by atoms with van der Waals surface area (Å²) in [7, 11) is 1.62. The largest absolute Gasteiger partial charge is 0.493 e. The molecule has 0 atom stereocenters. The van der Waals surface area contributed by atoms with Crippen LogP contribution in [0.15, 0.2) is 53.5 Å². The van der Waals surface area contributed by atoms with E-state index in [-0.39, 0.29) is 5.91 Å². The molecule has 0 saturated carbocycles. The molecular formula is C19H19N3O3. The number of nitrogens with zero attached hydrogens (tertiary/aromatic N) is 3. The quantitative estimate of drug-likeness (QED) is 0.841. The van der Waals surface area contributed by atoms with Crippen LogP contribution in [0, 0.1) is 0 Å². The Morgan fingerprint density at radius 3 is 2.68 bits per heavy atom. The van der Waals surface area contributed by atoms with Crippen molar-refractivity contribution >= 4 is 17.6 Å². The highest BCUT2D eigenvalue weighted by Gasteiger charge is 2.36. The minimum Gasteiger partial charge on any atom is -0.493 e. The zero-order chi connectivity index (χ0) is 17.2. The molecule has 0 aliphatic carbocycles. The number of rotatable bonds is 5. The van der Waals surface area contributed by atoms with Gasteiger partial charge in [0, 0.05) is 6.54 Å². The Balaban J connectivity index is 1.55. The molecule has 4 rings (SSSR count). The average molecular weight is 337 g/mol. The normalized spacial score (nSPS) is 15.6. The molecule has 2 heterocycles. The molecule has 25 heavy (non-hydrogen) atoms. The summed E-state index contributed by atoms with van der Waals surface area (Å²) in [6, 6.07) is 15.2. The second kappa shape index (κ2) is 6.47. The maximum absolute atomic E-state index is 12.6. The zero-order valence-electron chi connectivity index (χ0n) is 14.0. The summed E-state index contributed by atoms with van der Waals surface area (Å²) in [5.74, 6) is 2.15. The molecule has 0 spiro atoms. The van der Waals surface area contributed by atoms with Crippen LogP contribution in [0.1, 0.15) is 10.4 Å². The van der Waals surface area contributed by atoms with Gasteiger partial charge in [-0.25, -0.2) is 0 Å². The van der Waals surface area contributed by atoms with Gasteiger partial charge in [0.25, 0.3) is 5.91 Å². The highest BCUT2D eigenvalue weighted by atomic mass is 16.5. The Bertz CT molecular complexity index is 834. The van der Waals surface area contributed by atoms with Crippen LogP contribution in [0.2, 0.25) is 0 Å². The Morgan fingerprint density at radius 2 is 1.84 bits per heavy atom. The van der Waals surface area contributed by atoms with Gasteiger partial charge >= 0.3 is 0 Å². The summed E-state index contributed by atoms with van der Waals surface area (Å²) >= 11 is 0. The van der Waals surface area contributed by atoms with Crippen LogP contribution in [-0.2, 0) is 0 Å². The molecule has 0 fully saturated rings. The van der Waals surface area contributed by atoms with Crippen molar-refractivity contribution in [1.29, 1.82) is 0 Å². The third-order valence-electron chi connectivity index (χ3n) is 4.37. The molecule has 0 saturated heterocycles. The van der Waals surface area contributed by atoms with Gasteiger partial charge in [-0.15, -0.1) is 0 Å². The number of ether oxygens (including phenoxy) is 2. The van der Waals surface area contributed by atoms with Crippen molar-refractivity contribution in [1.82, 2.24) is 4.90 Å². The third kappa shape index (κ3) is 2.69. The minimum atomic E-state index is 0.0220. The Kier molecular flexibility index (Phi) is 4.01. The number of aliphatic imine (C=N–C) groups is 1. The Morgan fingerprint density at radius 1 is 1.08 bits per heavy atom. The lowest BCUT2D eigenvalue weighted by molar-refractivity contribution is 0.0851. The second-order valence-electron chi connectivity index (χ2n) is 5.81. The van der Waals surface area contributed by atoms with Crippen molar-refractivity contribution in [3.8, 4) is 11.5 Å². The van der Waals surface area contributed by atoms with Crippen molar-refractivity contribution in [3.05, 3.63) is 54.1 Å². The van der Waals surface area contributed by atoms with Crippen molar-refractivity contribution in [2.24, 2.45) is 4.99 Å². The van der Waals surface area contributed by atoms with Crippen LogP contribution in [0.4, 0.5) is 5.69 Å².